The molecule has 0 nitrogen and oxygen atoms in total. The summed E-state index contributed by atoms with van der Waals surface area (Å²) >= 11 is 1.36. The van der Waals surface area contributed by atoms with Gasteiger partial charge in [0.1, 0.15) is 0 Å². The average molecular weight is 137 g/mol. The van der Waals surface area contributed by atoms with Gasteiger partial charge in [-0.15, -0.1) is 0 Å². The van der Waals surface area contributed by atoms with Crippen LogP contribution in [0.4, 0.5) is 8.78 Å². The smallest absolute Gasteiger partial charge is 0.174 e. The molecule has 0 aliphatic rings. The van der Waals surface area contributed by atoms with Crippen LogP contribution in [0.25, 0.3) is 0 Å². The number of hydrogen-bond donors (Lipinski definition) is 0. The maximum atomic E-state index is 11.2. The van der Waals surface area contributed by atoms with E-state index in [0.717, 1.165) is 6.08 Å². The van der Waals surface area contributed by atoms with Crippen LogP contribution in [-0.4, -0.2) is 5.75 Å². The third kappa shape index (κ3) is 5.95. The highest BCUT2D eigenvalue weighted by molar-refractivity contribution is 8.01. The van der Waals surface area contributed by atoms with E-state index < -0.39 is 6.08 Å². The second-order valence-corrected chi connectivity index (χ2v) is 2.20. The van der Waals surface area contributed by atoms with E-state index in [4.69, 9.17) is 0 Å². The molecule has 0 saturated heterocycles. The van der Waals surface area contributed by atoms with Crippen LogP contribution in [0.3, 0.4) is 0 Å². The van der Waals surface area contributed by atoms with Crippen molar-refractivity contribution in [1.82, 2.24) is 0 Å². The van der Waals surface area contributed by atoms with Gasteiger partial charge in [0, 0.05) is 11.5 Å². The Labute approximate surface area is 52.0 Å². The summed E-state index contributed by atoms with van der Waals surface area (Å²) in [6, 6.07) is 0. The molecular formula is C5H7F2S. The van der Waals surface area contributed by atoms with Crippen LogP contribution in [0.15, 0.2) is 12.2 Å². The SMILES string of the molecule is C[CH]SCC=C(F)F. The largest absolute Gasteiger partial charge is 0.267 e. The van der Waals surface area contributed by atoms with Gasteiger partial charge in [-0.25, -0.2) is 0 Å². The summed E-state index contributed by atoms with van der Waals surface area (Å²) in [5, 5.41) is 0. The topological polar surface area (TPSA) is 0 Å². The van der Waals surface area contributed by atoms with E-state index in [1.54, 1.807) is 5.75 Å². The molecule has 0 spiro atoms. The summed E-state index contributed by atoms with van der Waals surface area (Å²) in [6.07, 6.45) is -0.704. The second kappa shape index (κ2) is 5.09. The standard InChI is InChI=1S/C5H7F2S/c1-2-8-4-3-5(6)7/h2-3H,4H2,1H3. The highest BCUT2D eigenvalue weighted by Gasteiger charge is 1.85. The molecule has 47 valence electrons. The Kier molecular flexibility index (Phi) is 5.06. The second-order valence-electron chi connectivity index (χ2n) is 1.06. The van der Waals surface area contributed by atoms with Crippen LogP contribution in [0.1, 0.15) is 6.92 Å². The van der Waals surface area contributed by atoms with Crippen molar-refractivity contribution >= 4 is 11.8 Å². The van der Waals surface area contributed by atoms with E-state index in [0.29, 0.717) is 5.75 Å². The Morgan fingerprint density at radius 3 is 2.62 bits per heavy atom. The van der Waals surface area contributed by atoms with Crippen molar-refractivity contribution in [3.05, 3.63) is 17.9 Å². The van der Waals surface area contributed by atoms with Crippen molar-refractivity contribution in [2.24, 2.45) is 0 Å². The lowest BCUT2D eigenvalue weighted by Crippen LogP contribution is -1.67. The number of rotatable bonds is 3. The fourth-order valence-electron chi connectivity index (χ4n) is 0.207. The molecule has 0 N–H and O–H groups in total. The lowest BCUT2D eigenvalue weighted by Gasteiger charge is -1.84. The number of hydrogen-bond acceptors (Lipinski definition) is 1. The maximum absolute atomic E-state index is 11.2. The van der Waals surface area contributed by atoms with Crippen LogP contribution in [0, 0.1) is 5.75 Å². The first kappa shape index (κ1) is 7.95. The Hall–Kier alpha value is -0.0500. The first-order valence-corrected chi connectivity index (χ1v) is 3.23. The van der Waals surface area contributed by atoms with Crippen molar-refractivity contribution in [3.63, 3.8) is 0 Å². The van der Waals surface area contributed by atoms with Gasteiger partial charge in [0.05, 0.1) is 0 Å². The van der Waals surface area contributed by atoms with Gasteiger partial charge in [0.2, 0.25) is 0 Å². The number of halogens is 2. The molecule has 0 aromatic carbocycles. The van der Waals surface area contributed by atoms with E-state index in [-0.39, 0.29) is 0 Å². The van der Waals surface area contributed by atoms with Crippen molar-refractivity contribution in [2.45, 2.75) is 6.92 Å². The Morgan fingerprint density at radius 2 is 2.25 bits per heavy atom. The van der Waals surface area contributed by atoms with Gasteiger partial charge in [-0.3, -0.25) is 0 Å². The summed E-state index contributed by atoms with van der Waals surface area (Å²) in [5.74, 6) is 2.15. The van der Waals surface area contributed by atoms with Crippen LogP contribution >= 0.6 is 11.8 Å². The highest BCUT2D eigenvalue weighted by atomic mass is 32.2. The minimum absolute atomic E-state index is 0.374. The fourth-order valence-corrected chi connectivity index (χ4v) is 0.622. The molecule has 0 atom stereocenters. The highest BCUT2D eigenvalue weighted by Crippen LogP contribution is 2.06. The lowest BCUT2D eigenvalue weighted by atomic mass is 10.7. The molecule has 3 heteroatoms. The fraction of sp³-hybridized carbons (Fsp3) is 0.400. The monoisotopic (exact) mass is 137 g/mol. The van der Waals surface area contributed by atoms with Crippen molar-refractivity contribution in [1.29, 1.82) is 0 Å². The molecule has 0 unspecified atom stereocenters. The van der Waals surface area contributed by atoms with Gasteiger partial charge in [-0.1, -0.05) is 6.92 Å². The van der Waals surface area contributed by atoms with Crippen LogP contribution in [0.2, 0.25) is 0 Å². The third-order valence-corrected chi connectivity index (χ3v) is 1.19. The van der Waals surface area contributed by atoms with Gasteiger partial charge in [-0.05, 0) is 6.08 Å². The van der Waals surface area contributed by atoms with Crippen LogP contribution < -0.4 is 0 Å². The Morgan fingerprint density at radius 1 is 1.62 bits per heavy atom. The first-order chi connectivity index (χ1) is 3.77. The third-order valence-electron chi connectivity index (χ3n) is 0.501. The van der Waals surface area contributed by atoms with Gasteiger partial charge >= 0.3 is 0 Å². The van der Waals surface area contributed by atoms with Gasteiger partial charge in [0.25, 0.3) is 6.08 Å². The summed E-state index contributed by atoms with van der Waals surface area (Å²) in [7, 11) is 0. The molecule has 0 aliphatic carbocycles. The maximum Gasteiger partial charge on any atom is 0.267 e. The van der Waals surface area contributed by atoms with Gasteiger partial charge < -0.3 is 0 Å². The zero-order valence-corrected chi connectivity index (χ0v) is 5.34. The van der Waals surface area contributed by atoms with Crippen LogP contribution in [-0.2, 0) is 0 Å². The Balaban J connectivity index is 3.03. The summed E-state index contributed by atoms with van der Waals surface area (Å²) < 4.78 is 22.4. The molecule has 8 heavy (non-hydrogen) atoms. The predicted molar refractivity (Wildman–Crippen MR) is 32.7 cm³/mol. The molecule has 0 heterocycles. The summed E-state index contributed by atoms with van der Waals surface area (Å²) in [4.78, 5) is 0. The number of thioether (sulfide) groups is 1. The summed E-state index contributed by atoms with van der Waals surface area (Å²) in [5.41, 5.74) is 0. The molecule has 0 rings (SSSR count). The quantitative estimate of drug-likeness (QED) is 0.539. The van der Waals surface area contributed by atoms with E-state index in [9.17, 15) is 8.78 Å². The van der Waals surface area contributed by atoms with E-state index >= 15 is 0 Å². The molecule has 0 aromatic heterocycles. The Bertz CT molecular complexity index is 76.5. The van der Waals surface area contributed by atoms with Crippen molar-refractivity contribution in [3.8, 4) is 0 Å². The normalized spacial score (nSPS) is 8.88. The van der Waals surface area contributed by atoms with E-state index in [1.165, 1.54) is 11.8 Å². The minimum atomic E-state index is -1.60. The molecule has 0 fully saturated rings. The molecule has 0 aromatic rings. The first-order valence-electron chi connectivity index (χ1n) is 2.18. The van der Waals surface area contributed by atoms with Crippen molar-refractivity contribution < 1.29 is 8.78 Å². The lowest BCUT2D eigenvalue weighted by molar-refractivity contribution is 0.420. The molecule has 0 amide bonds. The molecular weight excluding hydrogens is 130 g/mol. The summed E-state index contributed by atoms with van der Waals surface area (Å²) in [6.45, 7) is 1.81. The zero-order chi connectivity index (χ0) is 6.41. The zero-order valence-electron chi connectivity index (χ0n) is 4.53. The van der Waals surface area contributed by atoms with Gasteiger partial charge in [-0.2, -0.15) is 20.5 Å². The average Bonchev–Trinajstić information content (AvgIpc) is 1.66. The van der Waals surface area contributed by atoms with E-state index in [1.807, 2.05) is 6.92 Å². The molecule has 1 radical (unpaired) electrons. The molecule has 0 aliphatic heterocycles. The minimum Gasteiger partial charge on any atom is -0.174 e. The predicted octanol–water partition coefficient (Wildman–Crippen LogP) is 2.68. The van der Waals surface area contributed by atoms with Crippen LogP contribution in [0.5, 0.6) is 0 Å². The molecule has 0 bridgehead atoms. The van der Waals surface area contributed by atoms with Gasteiger partial charge in [0.15, 0.2) is 0 Å². The van der Waals surface area contributed by atoms with Crippen molar-refractivity contribution in [2.75, 3.05) is 5.75 Å². The van der Waals surface area contributed by atoms with E-state index in [2.05, 4.69) is 0 Å². The molecule has 0 saturated carbocycles.